The van der Waals surface area contributed by atoms with Crippen molar-refractivity contribution in [3.63, 3.8) is 0 Å². The van der Waals surface area contributed by atoms with Crippen LogP contribution in [0, 0.1) is 17.7 Å². The van der Waals surface area contributed by atoms with Gasteiger partial charge in [0.1, 0.15) is 0 Å². The Bertz CT molecular complexity index is 944. The Morgan fingerprint density at radius 3 is 2.74 bits per heavy atom. The Kier molecular flexibility index (Phi) is 10.7. The van der Waals surface area contributed by atoms with Gasteiger partial charge in [-0.25, -0.2) is 9.07 Å². The van der Waals surface area contributed by atoms with Gasteiger partial charge >= 0.3 is 0 Å². The van der Waals surface area contributed by atoms with E-state index in [1.54, 1.807) is 6.20 Å². The van der Waals surface area contributed by atoms with Gasteiger partial charge in [-0.3, -0.25) is 14.9 Å². The molecule has 192 valence electrons. The number of hydrogen-bond acceptors (Lipinski definition) is 5. The monoisotopic (exact) mass is 486 g/mol. The van der Waals surface area contributed by atoms with Crippen LogP contribution in [0.5, 0.6) is 5.75 Å². The van der Waals surface area contributed by atoms with Gasteiger partial charge in [0.05, 0.1) is 18.5 Å². The zero-order chi connectivity index (χ0) is 25.0. The molecule has 2 atom stereocenters. The van der Waals surface area contributed by atoms with E-state index in [0.717, 1.165) is 62.6 Å². The van der Waals surface area contributed by atoms with Gasteiger partial charge in [0.15, 0.2) is 11.6 Å². The topological polar surface area (TPSA) is 86.1 Å². The Balaban J connectivity index is 1.58. The molecular weight excluding hydrogens is 447 g/mol. The van der Waals surface area contributed by atoms with Gasteiger partial charge in [-0.15, -0.1) is 5.10 Å². The molecule has 1 aliphatic rings. The third kappa shape index (κ3) is 8.44. The molecule has 1 fully saturated rings. The van der Waals surface area contributed by atoms with Gasteiger partial charge in [-0.05, 0) is 68.6 Å². The van der Waals surface area contributed by atoms with E-state index in [4.69, 9.17) is 4.74 Å². The Labute approximate surface area is 207 Å². The van der Waals surface area contributed by atoms with Crippen LogP contribution in [0.25, 0.3) is 0 Å². The molecular formula is C27H39FN4O3. The van der Waals surface area contributed by atoms with Crippen molar-refractivity contribution in [1.82, 2.24) is 20.3 Å². The van der Waals surface area contributed by atoms with E-state index < -0.39 is 0 Å². The summed E-state index contributed by atoms with van der Waals surface area (Å²) in [6.07, 6.45) is 11.6. The van der Waals surface area contributed by atoms with Gasteiger partial charge in [-0.2, -0.15) is 0 Å². The summed E-state index contributed by atoms with van der Waals surface area (Å²) in [6.45, 7) is 5.46. The minimum atomic E-state index is -0.311. The van der Waals surface area contributed by atoms with E-state index in [2.05, 4.69) is 22.6 Å². The molecule has 0 radical (unpaired) electrons. The van der Waals surface area contributed by atoms with E-state index in [1.165, 1.54) is 18.9 Å². The highest BCUT2D eigenvalue weighted by Gasteiger charge is 2.23. The summed E-state index contributed by atoms with van der Waals surface area (Å²) in [5.41, 5.74) is 2.12. The molecule has 7 nitrogen and oxygen atoms in total. The van der Waals surface area contributed by atoms with Crippen molar-refractivity contribution in [3.8, 4) is 5.75 Å². The minimum absolute atomic E-state index is 0.128. The first-order valence-electron chi connectivity index (χ1n) is 13.1. The van der Waals surface area contributed by atoms with E-state index in [0.29, 0.717) is 31.2 Å². The zero-order valence-corrected chi connectivity index (χ0v) is 21.0. The van der Waals surface area contributed by atoms with Crippen LogP contribution < -0.4 is 10.1 Å². The van der Waals surface area contributed by atoms with Crippen molar-refractivity contribution in [2.45, 2.75) is 90.5 Å². The Morgan fingerprint density at radius 1 is 1.23 bits per heavy atom. The van der Waals surface area contributed by atoms with E-state index >= 15 is 0 Å². The highest BCUT2D eigenvalue weighted by atomic mass is 19.1. The average Bonchev–Trinajstić information content (AvgIpc) is 3.58. The van der Waals surface area contributed by atoms with Crippen molar-refractivity contribution in [2.75, 3.05) is 6.61 Å². The number of halogens is 1. The zero-order valence-electron chi connectivity index (χ0n) is 21.0. The summed E-state index contributed by atoms with van der Waals surface area (Å²) < 4.78 is 22.0. The quantitative estimate of drug-likeness (QED) is 0.246. The summed E-state index contributed by atoms with van der Waals surface area (Å²) >= 11 is 0. The maximum atomic E-state index is 14.3. The van der Waals surface area contributed by atoms with E-state index in [1.807, 2.05) is 23.7 Å². The average molecular weight is 487 g/mol. The molecule has 2 unspecified atom stereocenters. The standard InChI is InChI=1S/C27H39FN4O3/c1-3-7-21(27(34)29-19-33)9-5-6-10-24-16-30-31-32(24)17-23(8-4-2)22-13-14-25(28)26(15-22)35-18-20-11-12-20/h13-16,19-21,23H,3-12,17-18H2,1-2H3,(H,29,33,34). The summed E-state index contributed by atoms with van der Waals surface area (Å²) in [5.74, 6) is 0.473. The summed E-state index contributed by atoms with van der Waals surface area (Å²) in [4.78, 5) is 22.7. The smallest absolute Gasteiger partial charge is 0.229 e. The molecule has 0 bridgehead atoms. The Hall–Kier alpha value is -2.77. The number of aromatic nitrogens is 3. The predicted octanol–water partition coefficient (Wildman–Crippen LogP) is 5.19. The summed E-state index contributed by atoms with van der Waals surface area (Å²) in [5, 5.41) is 10.8. The van der Waals surface area contributed by atoms with Crippen LogP contribution in [-0.2, 0) is 22.6 Å². The van der Waals surface area contributed by atoms with Crippen molar-refractivity contribution in [1.29, 1.82) is 0 Å². The van der Waals surface area contributed by atoms with Gasteiger partial charge in [0.2, 0.25) is 12.3 Å². The molecule has 0 aliphatic heterocycles. The molecule has 1 aromatic carbocycles. The molecule has 0 spiro atoms. The van der Waals surface area contributed by atoms with Crippen molar-refractivity contribution >= 4 is 12.3 Å². The van der Waals surface area contributed by atoms with Crippen LogP contribution >= 0.6 is 0 Å². The first kappa shape index (κ1) is 26.8. The molecule has 1 heterocycles. The fraction of sp³-hybridized carbons (Fsp3) is 0.630. The predicted molar refractivity (Wildman–Crippen MR) is 132 cm³/mol. The lowest BCUT2D eigenvalue weighted by Crippen LogP contribution is -2.29. The molecule has 1 aromatic heterocycles. The third-order valence-corrected chi connectivity index (χ3v) is 6.77. The van der Waals surface area contributed by atoms with Crippen LogP contribution in [0.2, 0.25) is 0 Å². The van der Waals surface area contributed by atoms with Crippen LogP contribution in [0.4, 0.5) is 4.39 Å². The normalized spacial score (nSPS) is 14.9. The maximum absolute atomic E-state index is 14.3. The number of ether oxygens (including phenoxy) is 1. The Morgan fingerprint density at radius 2 is 2.03 bits per heavy atom. The van der Waals surface area contributed by atoms with E-state index in [9.17, 15) is 14.0 Å². The lowest BCUT2D eigenvalue weighted by molar-refractivity contribution is -0.128. The highest BCUT2D eigenvalue weighted by Crippen LogP contribution is 2.32. The molecule has 35 heavy (non-hydrogen) atoms. The van der Waals surface area contributed by atoms with Crippen LogP contribution in [0.15, 0.2) is 24.4 Å². The number of carbonyl (C=O) groups is 2. The summed E-state index contributed by atoms with van der Waals surface area (Å²) in [7, 11) is 0. The number of imide groups is 1. The molecule has 1 N–H and O–H groups in total. The number of nitrogens with one attached hydrogen (secondary N) is 1. The first-order chi connectivity index (χ1) is 17.0. The highest BCUT2D eigenvalue weighted by molar-refractivity contribution is 5.87. The lowest BCUT2D eigenvalue weighted by atomic mass is 9.93. The molecule has 0 saturated heterocycles. The summed E-state index contributed by atoms with van der Waals surface area (Å²) in [6, 6.07) is 5.22. The van der Waals surface area contributed by atoms with Crippen molar-refractivity contribution in [3.05, 3.63) is 41.5 Å². The second-order valence-corrected chi connectivity index (χ2v) is 9.70. The largest absolute Gasteiger partial charge is 0.490 e. The number of benzene rings is 1. The number of unbranched alkanes of at least 4 members (excludes halogenated alkanes) is 1. The van der Waals surface area contributed by atoms with E-state index in [-0.39, 0.29) is 23.6 Å². The number of amides is 2. The SMILES string of the molecule is CCCC(CCCCc1cnnn1CC(CCC)c1ccc(F)c(OCC2CC2)c1)C(=O)NC=O. The van der Waals surface area contributed by atoms with Crippen LogP contribution in [0.3, 0.4) is 0 Å². The maximum Gasteiger partial charge on any atom is 0.229 e. The van der Waals surface area contributed by atoms with Gasteiger partial charge < -0.3 is 4.74 Å². The fourth-order valence-corrected chi connectivity index (χ4v) is 4.55. The third-order valence-electron chi connectivity index (χ3n) is 6.77. The first-order valence-corrected chi connectivity index (χ1v) is 13.1. The van der Waals surface area contributed by atoms with Crippen LogP contribution in [-0.4, -0.2) is 33.9 Å². The second kappa shape index (κ2) is 14.0. The molecule has 1 saturated carbocycles. The molecule has 3 rings (SSSR count). The second-order valence-electron chi connectivity index (χ2n) is 9.70. The molecule has 2 amide bonds. The molecule has 2 aromatic rings. The number of aryl methyl sites for hydroxylation is 1. The minimum Gasteiger partial charge on any atom is -0.490 e. The number of rotatable bonds is 17. The lowest BCUT2D eigenvalue weighted by Gasteiger charge is -2.19. The number of carbonyl (C=O) groups excluding carboxylic acids is 2. The fourth-order valence-electron chi connectivity index (χ4n) is 4.55. The van der Waals surface area contributed by atoms with Gasteiger partial charge in [0.25, 0.3) is 0 Å². The molecule has 1 aliphatic carbocycles. The van der Waals surface area contributed by atoms with Gasteiger partial charge in [-0.1, -0.05) is 44.4 Å². The van der Waals surface area contributed by atoms with Gasteiger partial charge in [0, 0.05) is 18.4 Å². The van der Waals surface area contributed by atoms with Crippen molar-refractivity contribution in [2.24, 2.45) is 11.8 Å². The van der Waals surface area contributed by atoms with Crippen molar-refractivity contribution < 1.29 is 18.7 Å². The molecule has 8 heteroatoms. The van der Waals surface area contributed by atoms with Crippen LogP contribution in [0.1, 0.15) is 88.8 Å². The number of nitrogens with zero attached hydrogens (tertiary/aromatic N) is 3. The number of hydrogen-bond donors (Lipinski definition) is 1.